The topological polar surface area (TPSA) is 86.7 Å². The van der Waals surface area contributed by atoms with Crippen LogP contribution in [0.4, 0.5) is 5.69 Å². The lowest BCUT2D eigenvalue weighted by atomic mass is 10.0. The molecule has 1 aromatic heterocycles. The lowest BCUT2D eigenvalue weighted by Crippen LogP contribution is -2.08. The molecule has 20 heavy (non-hydrogen) atoms. The van der Waals surface area contributed by atoms with E-state index < -0.39 is 0 Å². The Hall–Kier alpha value is -2.76. The number of aromatic nitrogens is 4. The Bertz CT molecular complexity index is 793. The van der Waals surface area contributed by atoms with Crippen molar-refractivity contribution in [3.05, 3.63) is 47.8 Å². The molecule has 0 spiro atoms. The summed E-state index contributed by atoms with van der Waals surface area (Å²) in [5.74, 6) is 0.284. The number of hydrogen-bond donors (Lipinski definition) is 1. The van der Waals surface area contributed by atoms with Gasteiger partial charge in [0.15, 0.2) is 11.6 Å². The van der Waals surface area contributed by atoms with Gasteiger partial charge in [-0.25, -0.2) is 0 Å². The first-order valence-electron chi connectivity index (χ1n) is 6.18. The number of anilines is 1. The van der Waals surface area contributed by atoms with Gasteiger partial charge in [-0.1, -0.05) is 24.3 Å². The Morgan fingerprint density at radius 3 is 2.60 bits per heavy atom. The van der Waals surface area contributed by atoms with E-state index in [0.29, 0.717) is 17.1 Å². The zero-order valence-corrected chi connectivity index (χ0v) is 10.9. The highest BCUT2D eigenvalue weighted by Gasteiger charge is 2.14. The minimum Gasteiger partial charge on any atom is -0.398 e. The van der Waals surface area contributed by atoms with Crippen LogP contribution in [0.15, 0.2) is 36.4 Å². The third-order valence-corrected chi connectivity index (χ3v) is 3.09. The van der Waals surface area contributed by atoms with Gasteiger partial charge in [0.1, 0.15) is 0 Å². The van der Waals surface area contributed by atoms with Crippen molar-refractivity contribution in [2.75, 3.05) is 5.73 Å². The van der Waals surface area contributed by atoms with Gasteiger partial charge < -0.3 is 5.73 Å². The lowest BCUT2D eigenvalue weighted by Gasteiger charge is -2.06. The monoisotopic (exact) mass is 267 g/mol. The largest absolute Gasteiger partial charge is 0.398 e. The molecule has 100 valence electrons. The molecule has 0 fully saturated rings. The van der Waals surface area contributed by atoms with Crippen LogP contribution in [0.2, 0.25) is 0 Å². The van der Waals surface area contributed by atoms with Crippen LogP contribution in [0.25, 0.3) is 10.8 Å². The van der Waals surface area contributed by atoms with Crippen LogP contribution < -0.4 is 5.73 Å². The van der Waals surface area contributed by atoms with E-state index in [-0.39, 0.29) is 12.2 Å². The van der Waals surface area contributed by atoms with E-state index in [0.717, 1.165) is 10.8 Å². The summed E-state index contributed by atoms with van der Waals surface area (Å²) in [4.78, 5) is 13.6. The van der Waals surface area contributed by atoms with Gasteiger partial charge in [-0.05, 0) is 28.1 Å². The van der Waals surface area contributed by atoms with Crippen LogP contribution in [-0.2, 0) is 13.5 Å². The van der Waals surface area contributed by atoms with Crippen molar-refractivity contribution < 1.29 is 4.79 Å². The molecule has 0 aliphatic rings. The first-order chi connectivity index (χ1) is 9.63. The smallest absolute Gasteiger partial charge is 0.182 e. The molecule has 0 aliphatic carbocycles. The number of rotatable bonds is 3. The zero-order chi connectivity index (χ0) is 14.1. The number of ketones is 1. The number of carbonyl (C=O) groups is 1. The molecule has 6 heteroatoms. The maximum atomic E-state index is 12.3. The van der Waals surface area contributed by atoms with E-state index in [1.54, 1.807) is 7.05 Å². The van der Waals surface area contributed by atoms with Crippen molar-refractivity contribution in [2.24, 2.45) is 7.05 Å². The summed E-state index contributed by atoms with van der Waals surface area (Å²) in [5.41, 5.74) is 6.93. The summed E-state index contributed by atoms with van der Waals surface area (Å²) in [5, 5.41) is 13.5. The van der Waals surface area contributed by atoms with Crippen LogP contribution in [0.1, 0.15) is 16.2 Å². The Kier molecular flexibility index (Phi) is 2.90. The minimum absolute atomic E-state index is 0.0936. The van der Waals surface area contributed by atoms with E-state index in [4.69, 9.17) is 5.73 Å². The molecular weight excluding hydrogens is 254 g/mol. The molecule has 0 bridgehead atoms. The fourth-order valence-electron chi connectivity index (χ4n) is 2.13. The maximum absolute atomic E-state index is 12.3. The van der Waals surface area contributed by atoms with Gasteiger partial charge in [0, 0.05) is 11.3 Å². The Morgan fingerprint density at radius 2 is 1.95 bits per heavy atom. The van der Waals surface area contributed by atoms with Gasteiger partial charge >= 0.3 is 0 Å². The van der Waals surface area contributed by atoms with Gasteiger partial charge in [-0.15, -0.1) is 10.2 Å². The predicted molar refractivity (Wildman–Crippen MR) is 75.2 cm³/mol. The molecule has 0 saturated carbocycles. The SMILES string of the molecule is Cn1nnc(CC(=O)c2cc3ccccc3cc2N)n1. The Morgan fingerprint density at radius 1 is 1.25 bits per heavy atom. The number of Topliss-reactive ketones (excluding diaryl/α,β-unsaturated/α-hetero) is 1. The molecular formula is C14H13N5O. The average molecular weight is 267 g/mol. The van der Waals surface area contributed by atoms with E-state index in [9.17, 15) is 4.79 Å². The molecule has 6 nitrogen and oxygen atoms in total. The molecule has 0 atom stereocenters. The predicted octanol–water partition coefficient (Wildman–Crippen LogP) is 1.37. The Labute approximate surface area is 115 Å². The van der Waals surface area contributed by atoms with Crippen molar-refractivity contribution in [1.82, 2.24) is 20.2 Å². The van der Waals surface area contributed by atoms with E-state index in [1.165, 1.54) is 4.80 Å². The number of nitrogens with two attached hydrogens (primary N) is 1. The summed E-state index contributed by atoms with van der Waals surface area (Å²) in [6.45, 7) is 0. The number of carbonyl (C=O) groups excluding carboxylic acids is 1. The van der Waals surface area contributed by atoms with Crippen molar-refractivity contribution in [3.63, 3.8) is 0 Å². The van der Waals surface area contributed by atoms with E-state index >= 15 is 0 Å². The fourth-order valence-corrected chi connectivity index (χ4v) is 2.13. The third-order valence-electron chi connectivity index (χ3n) is 3.09. The van der Waals surface area contributed by atoms with Crippen LogP contribution in [0.5, 0.6) is 0 Å². The molecule has 0 aliphatic heterocycles. The second-order valence-corrected chi connectivity index (χ2v) is 4.58. The zero-order valence-electron chi connectivity index (χ0n) is 10.9. The van der Waals surface area contributed by atoms with Crippen LogP contribution in [0.3, 0.4) is 0 Å². The number of tetrazole rings is 1. The summed E-state index contributed by atoms with van der Waals surface area (Å²) < 4.78 is 0. The summed E-state index contributed by atoms with van der Waals surface area (Å²) in [7, 11) is 1.66. The van der Waals surface area contributed by atoms with Crippen molar-refractivity contribution in [2.45, 2.75) is 6.42 Å². The van der Waals surface area contributed by atoms with Crippen molar-refractivity contribution in [1.29, 1.82) is 0 Å². The normalized spacial score (nSPS) is 10.8. The standard InChI is InChI=1S/C14H13N5O/c1-19-17-14(16-18-19)8-13(20)11-6-9-4-2-3-5-10(9)7-12(11)15/h2-7H,8,15H2,1H3. The molecule has 0 amide bonds. The maximum Gasteiger partial charge on any atom is 0.182 e. The summed E-state index contributed by atoms with van der Waals surface area (Å²) in [6.07, 6.45) is 0.0936. The summed E-state index contributed by atoms with van der Waals surface area (Å²) >= 11 is 0. The minimum atomic E-state index is -0.110. The average Bonchev–Trinajstić information content (AvgIpc) is 2.83. The summed E-state index contributed by atoms with van der Waals surface area (Å²) in [6, 6.07) is 11.4. The highest BCUT2D eigenvalue weighted by atomic mass is 16.1. The molecule has 0 unspecified atom stereocenters. The molecule has 1 heterocycles. The first-order valence-corrected chi connectivity index (χ1v) is 6.18. The van der Waals surface area contributed by atoms with Gasteiger partial charge in [0.05, 0.1) is 13.5 Å². The van der Waals surface area contributed by atoms with E-state index in [2.05, 4.69) is 15.4 Å². The van der Waals surface area contributed by atoms with E-state index in [1.807, 2.05) is 36.4 Å². The Balaban J connectivity index is 1.96. The lowest BCUT2D eigenvalue weighted by molar-refractivity contribution is 0.0991. The molecule has 0 saturated heterocycles. The number of benzene rings is 2. The first kappa shape index (κ1) is 12.3. The highest BCUT2D eigenvalue weighted by molar-refractivity contribution is 6.05. The van der Waals surface area contributed by atoms with Crippen LogP contribution in [-0.4, -0.2) is 26.0 Å². The van der Waals surface area contributed by atoms with Crippen LogP contribution in [0, 0.1) is 0 Å². The van der Waals surface area contributed by atoms with Gasteiger partial charge in [-0.2, -0.15) is 4.80 Å². The molecule has 2 aromatic carbocycles. The van der Waals surface area contributed by atoms with Gasteiger partial charge in [0.2, 0.25) is 0 Å². The number of hydrogen-bond acceptors (Lipinski definition) is 5. The number of fused-ring (bicyclic) bond motifs is 1. The number of nitrogen functional groups attached to an aromatic ring is 1. The number of nitrogens with zero attached hydrogens (tertiary/aromatic N) is 4. The molecule has 3 aromatic rings. The second-order valence-electron chi connectivity index (χ2n) is 4.58. The quantitative estimate of drug-likeness (QED) is 0.572. The molecule has 3 rings (SSSR count). The number of aryl methyl sites for hydroxylation is 1. The van der Waals surface area contributed by atoms with Crippen molar-refractivity contribution >= 4 is 22.2 Å². The molecule has 0 radical (unpaired) electrons. The van der Waals surface area contributed by atoms with Crippen molar-refractivity contribution in [3.8, 4) is 0 Å². The fraction of sp³-hybridized carbons (Fsp3) is 0.143. The molecule has 2 N–H and O–H groups in total. The third kappa shape index (κ3) is 2.23. The highest BCUT2D eigenvalue weighted by Crippen LogP contribution is 2.22. The second kappa shape index (κ2) is 4.73. The van der Waals surface area contributed by atoms with Gasteiger partial charge in [0.25, 0.3) is 0 Å². The van der Waals surface area contributed by atoms with Gasteiger partial charge in [-0.3, -0.25) is 4.79 Å². The van der Waals surface area contributed by atoms with Crippen LogP contribution >= 0.6 is 0 Å².